The maximum Gasteiger partial charge on any atom is 0.292 e. The minimum Gasteiger partial charge on any atom is -0.377 e. The van der Waals surface area contributed by atoms with E-state index < -0.39 is 0 Å². The number of benzene rings is 1. The molecule has 0 spiro atoms. The molecule has 1 atom stereocenters. The van der Waals surface area contributed by atoms with Gasteiger partial charge in [-0.05, 0) is 31.4 Å². The Kier molecular flexibility index (Phi) is 5.76. The summed E-state index contributed by atoms with van der Waals surface area (Å²) in [7, 11) is 0. The third-order valence-corrected chi connectivity index (χ3v) is 5.71. The average Bonchev–Trinajstić information content (AvgIpc) is 2.72. The number of aromatic nitrogens is 2. The van der Waals surface area contributed by atoms with Gasteiger partial charge in [0.2, 0.25) is 0 Å². The van der Waals surface area contributed by atoms with Gasteiger partial charge >= 0.3 is 0 Å². The lowest BCUT2D eigenvalue weighted by Gasteiger charge is -2.38. The summed E-state index contributed by atoms with van der Waals surface area (Å²) in [4.78, 5) is 17.3. The van der Waals surface area contributed by atoms with Crippen LogP contribution in [0.15, 0.2) is 41.3 Å². The highest BCUT2D eigenvalue weighted by Gasteiger charge is 2.24. The highest BCUT2D eigenvalue weighted by atomic mass is 35.5. The number of nitrogens with zero attached hydrogens (tertiary/aromatic N) is 4. The van der Waals surface area contributed by atoms with Crippen molar-refractivity contribution in [3.63, 3.8) is 0 Å². The van der Waals surface area contributed by atoms with E-state index in [1.165, 1.54) is 17.5 Å². The maximum absolute atomic E-state index is 12.7. The van der Waals surface area contributed by atoms with Gasteiger partial charge in [0, 0.05) is 39.3 Å². The number of para-hydroxylation sites is 1. The quantitative estimate of drug-likeness (QED) is 0.805. The molecular formula is C20H25ClN4O2. The van der Waals surface area contributed by atoms with Crippen LogP contribution in [0, 0.1) is 0 Å². The van der Waals surface area contributed by atoms with Gasteiger partial charge in [-0.25, -0.2) is 0 Å². The molecule has 27 heavy (non-hydrogen) atoms. The summed E-state index contributed by atoms with van der Waals surface area (Å²) in [5.41, 5.74) is 1.16. The molecular weight excluding hydrogens is 364 g/mol. The van der Waals surface area contributed by atoms with Gasteiger partial charge in [-0.15, -0.1) is 0 Å². The van der Waals surface area contributed by atoms with E-state index in [4.69, 9.17) is 16.3 Å². The lowest BCUT2D eigenvalue weighted by atomic mass is 10.1. The van der Waals surface area contributed by atoms with Gasteiger partial charge in [0.05, 0.1) is 23.7 Å². The largest absolute Gasteiger partial charge is 0.377 e. The third-order valence-electron chi connectivity index (χ3n) is 5.35. The van der Waals surface area contributed by atoms with E-state index in [9.17, 15) is 4.79 Å². The van der Waals surface area contributed by atoms with Crippen molar-refractivity contribution in [3.05, 3.63) is 51.9 Å². The molecule has 1 aromatic heterocycles. The van der Waals surface area contributed by atoms with E-state index in [1.54, 1.807) is 6.20 Å². The van der Waals surface area contributed by atoms with E-state index in [1.807, 2.05) is 30.3 Å². The fourth-order valence-electron chi connectivity index (χ4n) is 3.81. The molecule has 3 heterocycles. The Labute approximate surface area is 164 Å². The highest BCUT2D eigenvalue weighted by molar-refractivity contribution is 6.33. The van der Waals surface area contributed by atoms with Gasteiger partial charge in [0.15, 0.2) is 0 Å². The van der Waals surface area contributed by atoms with E-state index in [0.29, 0.717) is 11.8 Å². The van der Waals surface area contributed by atoms with Crippen molar-refractivity contribution in [1.29, 1.82) is 0 Å². The lowest BCUT2D eigenvalue weighted by Crippen LogP contribution is -2.49. The van der Waals surface area contributed by atoms with Gasteiger partial charge in [-0.2, -0.15) is 9.78 Å². The molecule has 6 nitrogen and oxygen atoms in total. The number of ether oxygens (including phenoxy) is 1. The Morgan fingerprint density at radius 3 is 2.59 bits per heavy atom. The first-order chi connectivity index (χ1) is 13.2. The highest BCUT2D eigenvalue weighted by Crippen LogP contribution is 2.23. The average molecular weight is 389 g/mol. The van der Waals surface area contributed by atoms with Gasteiger partial charge in [0.25, 0.3) is 5.56 Å². The summed E-state index contributed by atoms with van der Waals surface area (Å²) in [6, 6.07) is 9.34. The first-order valence-electron chi connectivity index (χ1n) is 9.64. The Morgan fingerprint density at radius 1 is 1.11 bits per heavy atom. The normalized spacial score (nSPS) is 21.4. The summed E-state index contributed by atoms with van der Waals surface area (Å²) in [6.07, 6.45) is 5.68. The predicted octanol–water partition coefficient (Wildman–Crippen LogP) is 2.58. The molecule has 7 heteroatoms. The monoisotopic (exact) mass is 388 g/mol. The van der Waals surface area contributed by atoms with Crippen molar-refractivity contribution in [2.75, 3.05) is 44.2 Å². The van der Waals surface area contributed by atoms with Crippen molar-refractivity contribution < 1.29 is 4.74 Å². The smallest absolute Gasteiger partial charge is 0.292 e. The number of anilines is 1. The lowest BCUT2D eigenvalue weighted by molar-refractivity contribution is -0.00645. The molecule has 1 aromatic carbocycles. The van der Waals surface area contributed by atoms with Gasteiger partial charge in [-0.3, -0.25) is 9.69 Å². The number of hydrogen-bond donors (Lipinski definition) is 0. The number of halogens is 1. The second-order valence-electron chi connectivity index (χ2n) is 7.17. The number of rotatable bonds is 4. The number of piperazine rings is 1. The zero-order chi connectivity index (χ0) is 18.6. The molecule has 0 N–H and O–H groups in total. The van der Waals surface area contributed by atoms with Crippen molar-refractivity contribution in [3.8, 4) is 5.69 Å². The van der Waals surface area contributed by atoms with E-state index in [2.05, 4.69) is 14.9 Å². The topological polar surface area (TPSA) is 50.6 Å². The minimum atomic E-state index is -0.279. The van der Waals surface area contributed by atoms with Gasteiger partial charge in [-0.1, -0.05) is 29.8 Å². The summed E-state index contributed by atoms with van der Waals surface area (Å²) in [5.74, 6) is 0. The van der Waals surface area contributed by atoms with Crippen LogP contribution in [0.3, 0.4) is 0 Å². The van der Waals surface area contributed by atoms with Crippen LogP contribution in [0.1, 0.15) is 19.3 Å². The Balaban J connectivity index is 1.42. The molecule has 144 valence electrons. The zero-order valence-corrected chi connectivity index (χ0v) is 16.1. The molecule has 2 fully saturated rings. The van der Waals surface area contributed by atoms with Crippen LogP contribution in [-0.2, 0) is 4.74 Å². The van der Waals surface area contributed by atoms with Crippen LogP contribution in [0.25, 0.3) is 5.69 Å². The first-order valence-corrected chi connectivity index (χ1v) is 10.0. The Bertz CT molecular complexity index is 812. The molecule has 2 saturated heterocycles. The van der Waals surface area contributed by atoms with E-state index in [-0.39, 0.29) is 10.6 Å². The molecule has 0 saturated carbocycles. The van der Waals surface area contributed by atoms with Crippen LogP contribution >= 0.6 is 11.6 Å². The van der Waals surface area contributed by atoms with Crippen LogP contribution in [0.4, 0.5) is 5.69 Å². The van der Waals surface area contributed by atoms with Crippen LogP contribution in [0.2, 0.25) is 5.02 Å². The fraction of sp³-hybridized carbons (Fsp3) is 0.500. The SMILES string of the molecule is O=c1c(Cl)c(N2CCN(C[C@H]3CCCCO3)CC2)cnn1-c1ccccc1. The molecule has 0 aliphatic carbocycles. The van der Waals surface area contributed by atoms with Gasteiger partial charge in [0.1, 0.15) is 5.02 Å². The summed E-state index contributed by atoms with van der Waals surface area (Å²) < 4.78 is 7.20. The van der Waals surface area contributed by atoms with E-state index >= 15 is 0 Å². The van der Waals surface area contributed by atoms with Crippen LogP contribution in [-0.4, -0.2) is 60.1 Å². The summed E-state index contributed by atoms with van der Waals surface area (Å²) in [5, 5.41) is 4.58. The third kappa shape index (κ3) is 4.18. The fourth-order valence-corrected chi connectivity index (χ4v) is 4.06. The van der Waals surface area contributed by atoms with Crippen molar-refractivity contribution in [2.24, 2.45) is 0 Å². The standard InChI is InChI=1S/C20H25ClN4O2/c21-19-18(14-22-25(20(19)26)16-6-2-1-3-7-16)24-11-9-23(10-12-24)15-17-8-4-5-13-27-17/h1-3,6-7,14,17H,4-5,8-13,15H2/t17-/m1/s1. The summed E-state index contributed by atoms with van der Waals surface area (Å²) in [6.45, 7) is 5.45. The predicted molar refractivity (Wildman–Crippen MR) is 107 cm³/mol. The molecule has 0 radical (unpaired) electrons. The molecule has 2 aliphatic heterocycles. The number of hydrogen-bond acceptors (Lipinski definition) is 5. The zero-order valence-electron chi connectivity index (χ0n) is 15.4. The van der Waals surface area contributed by atoms with Crippen molar-refractivity contribution in [1.82, 2.24) is 14.7 Å². The van der Waals surface area contributed by atoms with Crippen LogP contribution in [0.5, 0.6) is 0 Å². The molecule has 2 aliphatic rings. The maximum atomic E-state index is 12.7. The van der Waals surface area contributed by atoms with E-state index in [0.717, 1.165) is 51.4 Å². The molecule has 0 bridgehead atoms. The second kappa shape index (κ2) is 8.42. The van der Waals surface area contributed by atoms with Crippen molar-refractivity contribution >= 4 is 17.3 Å². The second-order valence-corrected chi connectivity index (χ2v) is 7.55. The molecule has 4 rings (SSSR count). The Morgan fingerprint density at radius 2 is 1.89 bits per heavy atom. The summed E-state index contributed by atoms with van der Waals surface area (Å²) >= 11 is 6.43. The Hall–Kier alpha value is -1.89. The van der Waals surface area contributed by atoms with Crippen molar-refractivity contribution in [2.45, 2.75) is 25.4 Å². The molecule has 0 unspecified atom stereocenters. The van der Waals surface area contributed by atoms with Gasteiger partial charge < -0.3 is 9.64 Å². The molecule has 0 amide bonds. The molecule has 2 aromatic rings. The minimum absolute atomic E-state index is 0.234. The van der Waals surface area contributed by atoms with Crippen LogP contribution < -0.4 is 10.5 Å². The first kappa shape index (κ1) is 18.5.